The molecule has 1 N–H and O–H groups in total. The number of ether oxygens (including phenoxy) is 1. The molecule has 9 heteroatoms. The lowest BCUT2D eigenvalue weighted by atomic mass is 10.0. The van der Waals surface area contributed by atoms with Crippen molar-refractivity contribution in [2.75, 3.05) is 5.32 Å². The fourth-order valence-corrected chi connectivity index (χ4v) is 4.76. The van der Waals surface area contributed by atoms with Gasteiger partial charge in [0.2, 0.25) is 0 Å². The Balaban J connectivity index is 1.56. The highest BCUT2D eigenvalue weighted by molar-refractivity contribution is 7.18. The third-order valence-electron chi connectivity index (χ3n) is 6.23. The molecule has 1 aromatic carbocycles. The summed E-state index contributed by atoms with van der Waals surface area (Å²) in [6.07, 6.45) is 20.3. The molecule has 0 radical (unpaired) electrons. The van der Waals surface area contributed by atoms with Crippen molar-refractivity contribution in [3.8, 4) is 5.75 Å². The summed E-state index contributed by atoms with van der Waals surface area (Å²) in [4.78, 5) is 39.0. The van der Waals surface area contributed by atoms with Gasteiger partial charge in [-0.05, 0) is 29.9 Å². The van der Waals surface area contributed by atoms with Crippen molar-refractivity contribution in [3.05, 3.63) is 46.1 Å². The first kappa shape index (κ1) is 30.4. The van der Waals surface area contributed by atoms with Gasteiger partial charge in [-0.25, -0.2) is 4.98 Å². The monoisotopic (exact) mass is 531 g/mol. The molecule has 0 atom stereocenters. The van der Waals surface area contributed by atoms with Crippen LogP contribution in [0.3, 0.4) is 0 Å². The second-order valence-corrected chi connectivity index (χ2v) is 10.4. The summed E-state index contributed by atoms with van der Waals surface area (Å²) in [5.41, 5.74) is 0.171. The number of hydrogen-bond donors (Lipinski definition) is 1. The number of aromatic nitrogens is 1. The second-order valence-electron chi connectivity index (χ2n) is 9.38. The molecule has 0 bridgehead atoms. The van der Waals surface area contributed by atoms with E-state index in [1.54, 1.807) is 18.2 Å². The van der Waals surface area contributed by atoms with Crippen molar-refractivity contribution < 1.29 is 19.2 Å². The molecule has 2 rings (SSSR count). The Morgan fingerprint density at radius 3 is 1.97 bits per heavy atom. The fourth-order valence-electron chi connectivity index (χ4n) is 4.13. The number of carbonyl (C=O) groups excluding carboxylic acids is 2. The van der Waals surface area contributed by atoms with Gasteiger partial charge >= 0.3 is 11.0 Å². The van der Waals surface area contributed by atoms with Crippen LogP contribution in [0.5, 0.6) is 5.75 Å². The first-order chi connectivity index (χ1) is 18.0. The lowest BCUT2D eigenvalue weighted by molar-refractivity contribution is -0.380. The van der Waals surface area contributed by atoms with Gasteiger partial charge in [-0.3, -0.25) is 25.0 Å². The molecule has 0 aliphatic carbocycles. The second kappa shape index (κ2) is 18.4. The Labute approximate surface area is 224 Å². The average Bonchev–Trinajstić information content (AvgIpc) is 3.35. The number of esters is 1. The number of benzene rings is 1. The fraction of sp³-hybridized carbons (Fsp3) is 0.607. The minimum Gasteiger partial charge on any atom is -0.426 e. The molecule has 1 aromatic heterocycles. The van der Waals surface area contributed by atoms with Crippen molar-refractivity contribution >= 4 is 33.3 Å². The zero-order valence-electron chi connectivity index (χ0n) is 22.0. The van der Waals surface area contributed by atoms with Gasteiger partial charge in [0.1, 0.15) is 11.9 Å². The summed E-state index contributed by atoms with van der Waals surface area (Å²) >= 11 is 0.761. The maximum absolute atomic E-state index is 12.6. The van der Waals surface area contributed by atoms with Gasteiger partial charge < -0.3 is 4.74 Å². The first-order valence-corrected chi connectivity index (χ1v) is 14.5. The summed E-state index contributed by atoms with van der Waals surface area (Å²) in [5, 5.41) is 13.3. The minimum absolute atomic E-state index is 0.107. The molecule has 37 heavy (non-hydrogen) atoms. The van der Waals surface area contributed by atoms with E-state index in [-0.39, 0.29) is 27.4 Å². The molecular formula is C28H41N3O5S. The summed E-state index contributed by atoms with van der Waals surface area (Å²) in [5.74, 6) is -0.753. The maximum Gasteiger partial charge on any atom is 0.345 e. The van der Waals surface area contributed by atoms with Crippen LogP contribution in [0.25, 0.3) is 0 Å². The van der Waals surface area contributed by atoms with Crippen molar-refractivity contribution in [3.63, 3.8) is 0 Å². The van der Waals surface area contributed by atoms with Crippen LogP contribution in [-0.2, 0) is 4.79 Å². The normalized spacial score (nSPS) is 10.8. The Morgan fingerprint density at radius 2 is 1.43 bits per heavy atom. The highest BCUT2D eigenvalue weighted by atomic mass is 32.1. The van der Waals surface area contributed by atoms with Crippen molar-refractivity contribution in [2.45, 2.75) is 110 Å². The van der Waals surface area contributed by atoms with Gasteiger partial charge in [0.05, 0.1) is 10.5 Å². The predicted molar refractivity (Wildman–Crippen MR) is 148 cm³/mol. The van der Waals surface area contributed by atoms with Gasteiger partial charge in [-0.2, -0.15) is 0 Å². The molecule has 204 valence electrons. The van der Waals surface area contributed by atoms with Gasteiger partial charge in [-0.15, -0.1) is 0 Å². The first-order valence-electron chi connectivity index (χ1n) is 13.7. The Hall–Kier alpha value is -2.81. The van der Waals surface area contributed by atoms with E-state index in [1.165, 1.54) is 83.1 Å². The van der Waals surface area contributed by atoms with E-state index in [9.17, 15) is 19.7 Å². The zero-order valence-corrected chi connectivity index (χ0v) is 22.9. The molecule has 0 unspecified atom stereocenters. The predicted octanol–water partition coefficient (Wildman–Crippen LogP) is 8.47. The van der Waals surface area contributed by atoms with Crippen LogP contribution < -0.4 is 10.1 Å². The van der Waals surface area contributed by atoms with Crippen molar-refractivity contribution in [1.82, 2.24) is 4.98 Å². The van der Waals surface area contributed by atoms with Crippen LogP contribution in [-0.4, -0.2) is 21.8 Å². The molecule has 8 nitrogen and oxygen atoms in total. The van der Waals surface area contributed by atoms with Gasteiger partial charge in [0.15, 0.2) is 5.13 Å². The topological polar surface area (TPSA) is 111 Å². The zero-order chi connectivity index (χ0) is 26.7. The van der Waals surface area contributed by atoms with Crippen LogP contribution in [0.1, 0.15) is 120 Å². The third-order valence-corrected chi connectivity index (χ3v) is 7.10. The summed E-state index contributed by atoms with van der Waals surface area (Å²) in [6.45, 7) is 2.26. The van der Waals surface area contributed by atoms with Gasteiger partial charge in [0, 0.05) is 6.42 Å². The van der Waals surface area contributed by atoms with E-state index in [0.29, 0.717) is 6.42 Å². The molecule has 1 amide bonds. The van der Waals surface area contributed by atoms with Crippen molar-refractivity contribution in [2.24, 2.45) is 0 Å². The number of thiazole rings is 1. The lowest BCUT2D eigenvalue weighted by Gasteiger charge is -2.09. The van der Waals surface area contributed by atoms with Crippen LogP contribution in [0.15, 0.2) is 30.5 Å². The van der Waals surface area contributed by atoms with Gasteiger partial charge in [-0.1, -0.05) is 109 Å². The number of unbranched alkanes of at least 4 members (excludes halogenated alkanes) is 14. The summed E-state index contributed by atoms with van der Waals surface area (Å²) < 4.78 is 5.44. The van der Waals surface area contributed by atoms with E-state index in [1.807, 2.05) is 0 Å². The summed E-state index contributed by atoms with van der Waals surface area (Å²) in [7, 11) is 0. The highest BCUT2D eigenvalue weighted by Gasteiger charge is 2.18. The number of anilines is 1. The van der Waals surface area contributed by atoms with Crippen LogP contribution in [0.2, 0.25) is 0 Å². The molecule has 2 aromatic rings. The Bertz CT molecular complexity index is 963. The molecule has 0 spiro atoms. The number of rotatable bonds is 20. The number of nitro groups is 1. The van der Waals surface area contributed by atoms with Crippen LogP contribution >= 0.6 is 11.3 Å². The van der Waals surface area contributed by atoms with Crippen LogP contribution in [0.4, 0.5) is 10.1 Å². The standard InChI is InChI=1S/C28H41N3O5S/c1-2-3-4-5-6-7-8-9-10-11-12-13-14-15-16-21-26(32)36-24-20-18-17-19-23(24)27(33)30-28-29-22-25(37-28)31(34)35/h17-20,22H,2-16,21H2,1H3,(H,29,30,33). The Kier molecular flexibility index (Phi) is 15.2. The molecule has 1 heterocycles. The third kappa shape index (κ3) is 12.8. The number of hydrogen-bond acceptors (Lipinski definition) is 7. The van der Waals surface area contributed by atoms with E-state index in [2.05, 4.69) is 17.2 Å². The quantitative estimate of drug-likeness (QED) is 0.0603. The molecule has 0 fully saturated rings. The molecule has 0 saturated carbocycles. The highest BCUT2D eigenvalue weighted by Crippen LogP contribution is 2.27. The molecular weight excluding hydrogens is 490 g/mol. The van der Waals surface area contributed by atoms with E-state index in [0.717, 1.165) is 36.8 Å². The smallest absolute Gasteiger partial charge is 0.345 e. The lowest BCUT2D eigenvalue weighted by Crippen LogP contribution is -2.15. The van der Waals surface area contributed by atoms with Crippen LogP contribution in [0, 0.1) is 10.1 Å². The number of para-hydroxylation sites is 1. The average molecular weight is 532 g/mol. The number of nitrogens with zero attached hydrogens (tertiary/aromatic N) is 2. The number of nitrogens with one attached hydrogen (secondary N) is 1. The molecule has 0 aliphatic heterocycles. The van der Waals surface area contributed by atoms with E-state index in [4.69, 9.17) is 4.74 Å². The number of carbonyl (C=O) groups is 2. The molecule has 0 aliphatic rings. The number of amides is 1. The molecule has 0 saturated heterocycles. The maximum atomic E-state index is 12.6. The van der Waals surface area contributed by atoms with E-state index < -0.39 is 10.8 Å². The summed E-state index contributed by atoms with van der Waals surface area (Å²) in [6, 6.07) is 6.43. The Morgan fingerprint density at radius 1 is 0.892 bits per heavy atom. The largest absolute Gasteiger partial charge is 0.426 e. The minimum atomic E-state index is -0.568. The van der Waals surface area contributed by atoms with Gasteiger partial charge in [0.25, 0.3) is 5.91 Å². The van der Waals surface area contributed by atoms with Crippen molar-refractivity contribution in [1.29, 1.82) is 0 Å². The SMILES string of the molecule is CCCCCCCCCCCCCCCCCC(=O)Oc1ccccc1C(=O)Nc1ncc([N+](=O)[O-])s1. The van der Waals surface area contributed by atoms with E-state index >= 15 is 0 Å².